The van der Waals surface area contributed by atoms with Crippen LogP contribution in [0.5, 0.6) is 17.2 Å². The molecule has 5 nitrogen and oxygen atoms in total. The number of ketones is 2. The molecule has 26 heavy (non-hydrogen) atoms. The van der Waals surface area contributed by atoms with E-state index in [1.165, 1.54) is 18.2 Å². The Morgan fingerprint density at radius 2 is 1.50 bits per heavy atom. The van der Waals surface area contributed by atoms with E-state index in [1.54, 1.807) is 13.0 Å². The summed E-state index contributed by atoms with van der Waals surface area (Å²) in [5.41, 5.74) is 0.797. The highest BCUT2D eigenvalue weighted by Crippen LogP contribution is 2.39. The lowest BCUT2D eigenvalue weighted by molar-refractivity contribution is 0.0973. The first-order valence-corrected chi connectivity index (χ1v) is 8.86. The molecule has 0 fully saturated rings. The molecule has 0 radical (unpaired) electrons. The normalized spacial score (nSPS) is 12.7. The van der Waals surface area contributed by atoms with Crippen LogP contribution in [0.15, 0.2) is 24.3 Å². The van der Waals surface area contributed by atoms with Crippen molar-refractivity contribution in [1.29, 1.82) is 0 Å². The summed E-state index contributed by atoms with van der Waals surface area (Å²) in [6, 6.07) is 5.85. The molecule has 0 aliphatic heterocycles. The van der Waals surface area contributed by atoms with Crippen molar-refractivity contribution in [2.24, 2.45) is 0 Å². The molecule has 0 heterocycles. The number of phenolic OH excluding ortho intramolecular Hbond substituents is 2. The van der Waals surface area contributed by atoms with Crippen molar-refractivity contribution in [2.45, 2.75) is 39.5 Å². The lowest BCUT2D eigenvalue weighted by atomic mass is 9.82. The summed E-state index contributed by atoms with van der Waals surface area (Å²) in [5, 5.41) is 20.4. The first-order chi connectivity index (χ1) is 12.4. The fourth-order valence-corrected chi connectivity index (χ4v) is 3.28. The molecule has 5 heteroatoms. The summed E-state index contributed by atoms with van der Waals surface area (Å²) in [4.78, 5) is 25.6. The largest absolute Gasteiger partial charge is 0.507 e. The van der Waals surface area contributed by atoms with Crippen molar-refractivity contribution in [3.63, 3.8) is 0 Å². The van der Waals surface area contributed by atoms with Gasteiger partial charge in [-0.25, -0.2) is 0 Å². The smallest absolute Gasteiger partial charge is 0.201 e. The van der Waals surface area contributed by atoms with Gasteiger partial charge < -0.3 is 14.9 Å². The number of aryl methyl sites for hydroxylation is 1. The van der Waals surface area contributed by atoms with Crippen molar-refractivity contribution in [3.8, 4) is 17.2 Å². The number of hydrogen-bond acceptors (Lipinski definition) is 5. The van der Waals surface area contributed by atoms with Gasteiger partial charge in [0.15, 0.2) is 5.78 Å². The third-order valence-corrected chi connectivity index (χ3v) is 4.56. The standard InChI is InChI=1S/C21H22O5/c1-3-4-5-6-7-26-13-10-15-19(17(23)11-13)21(25)18-14(20(15)24)8-12(2)9-16(18)22/h8-11,22-23H,3-7H2,1-2H3. The number of hydrogen-bond donors (Lipinski definition) is 2. The zero-order valence-corrected chi connectivity index (χ0v) is 15.0. The Kier molecular flexibility index (Phi) is 4.98. The van der Waals surface area contributed by atoms with E-state index in [-0.39, 0.29) is 33.8 Å². The van der Waals surface area contributed by atoms with Gasteiger partial charge in [0.05, 0.1) is 17.7 Å². The second-order valence-electron chi connectivity index (χ2n) is 6.64. The number of unbranched alkanes of at least 4 members (excludes halogenated alkanes) is 3. The molecule has 0 unspecified atom stereocenters. The van der Waals surface area contributed by atoms with Gasteiger partial charge in [-0.2, -0.15) is 0 Å². The summed E-state index contributed by atoms with van der Waals surface area (Å²) >= 11 is 0. The Hall–Kier alpha value is -2.82. The molecule has 136 valence electrons. The van der Waals surface area contributed by atoms with Crippen LogP contribution in [-0.4, -0.2) is 28.4 Å². The van der Waals surface area contributed by atoms with Crippen molar-refractivity contribution < 1.29 is 24.5 Å². The molecule has 0 amide bonds. The zero-order chi connectivity index (χ0) is 18.8. The lowest BCUT2D eigenvalue weighted by Gasteiger charge is -2.20. The summed E-state index contributed by atoms with van der Waals surface area (Å²) in [6.07, 6.45) is 4.19. The minimum atomic E-state index is -0.556. The van der Waals surface area contributed by atoms with E-state index >= 15 is 0 Å². The van der Waals surface area contributed by atoms with E-state index in [0.29, 0.717) is 17.9 Å². The van der Waals surface area contributed by atoms with Crippen molar-refractivity contribution in [1.82, 2.24) is 0 Å². The molecule has 0 atom stereocenters. The Bertz CT molecular complexity index is 882. The Morgan fingerprint density at radius 1 is 0.846 bits per heavy atom. The van der Waals surface area contributed by atoms with Gasteiger partial charge in [-0.1, -0.05) is 26.2 Å². The third kappa shape index (κ3) is 3.17. The predicted octanol–water partition coefficient (Wildman–Crippen LogP) is 4.14. The van der Waals surface area contributed by atoms with Crippen LogP contribution in [0.25, 0.3) is 0 Å². The quantitative estimate of drug-likeness (QED) is 0.650. The second kappa shape index (κ2) is 7.20. The molecule has 0 saturated carbocycles. The molecule has 1 aliphatic rings. The van der Waals surface area contributed by atoms with Crippen molar-refractivity contribution in [2.75, 3.05) is 6.61 Å². The molecule has 0 spiro atoms. The Balaban J connectivity index is 1.95. The topological polar surface area (TPSA) is 83.8 Å². The number of phenols is 2. The van der Waals surface area contributed by atoms with Gasteiger partial charge in [-0.05, 0) is 37.1 Å². The maximum Gasteiger partial charge on any atom is 0.201 e. The van der Waals surface area contributed by atoms with Gasteiger partial charge in [-0.3, -0.25) is 9.59 Å². The van der Waals surface area contributed by atoms with E-state index < -0.39 is 11.6 Å². The molecular weight excluding hydrogens is 332 g/mol. The number of carbonyl (C=O) groups excluding carboxylic acids is 2. The van der Waals surface area contributed by atoms with Crippen LogP contribution in [0, 0.1) is 6.92 Å². The molecule has 1 aliphatic carbocycles. The van der Waals surface area contributed by atoms with Crippen LogP contribution in [0.1, 0.15) is 70.0 Å². The van der Waals surface area contributed by atoms with Crippen LogP contribution in [-0.2, 0) is 0 Å². The molecule has 0 aromatic heterocycles. The summed E-state index contributed by atoms with van der Waals surface area (Å²) in [7, 11) is 0. The minimum Gasteiger partial charge on any atom is -0.507 e. The molecular formula is C21H22O5. The highest BCUT2D eigenvalue weighted by atomic mass is 16.5. The first kappa shape index (κ1) is 18.0. The van der Waals surface area contributed by atoms with Crippen molar-refractivity contribution >= 4 is 11.6 Å². The number of ether oxygens (including phenoxy) is 1. The van der Waals surface area contributed by atoms with Gasteiger partial charge >= 0.3 is 0 Å². The molecule has 2 aromatic carbocycles. The van der Waals surface area contributed by atoms with Crippen LogP contribution in [0.3, 0.4) is 0 Å². The minimum absolute atomic E-state index is 0.0587. The van der Waals surface area contributed by atoms with Gasteiger partial charge in [0.1, 0.15) is 17.2 Å². The maximum absolute atomic E-state index is 12.8. The number of aromatic hydroxyl groups is 2. The molecule has 2 N–H and O–H groups in total. The summed E-state index contributed by atoms with van der Waals surface area (Å²) < 4.78 is 5.65. The monoisotopic (exact) mass is 354 g/mol. The zero-order valence-electron chi connectivity index (χ0n) is 15.0. The van der Waals surface area contributed by atoms with Crippen molar-refractivity contribution in [3.05, 3.63) is 52.1 Å². The Labute approximate surface area is 152 Å². The summed E-state index contributed by atoms with van der Waals surface area (Å²) in [5.74, 6) is -1.16. The predicted molar refractivity (Wildman–Crippen MR) is 97.5 cm³/mol. The van der Waals surface area contributed by atoms with Gasteiger partial charge in [0.25, 0.3) is 0 Å². The van der Waals surface area contributed by atoms with E-state index in [0.717, 1.165) is 25.7 Å². The highest BCUT2D eigenvalue weighted by Gasteiger charge is 2.35. The number of benzene rings is 2. The average Bonchev–Trinajstić information content (AvgIpc) is 2.58. The average molecular weight is 354 g/mol. The molecule has 0 saturated heterocycles. The number of carbonyl (C=O) groups is 2. The fourth-order valence-electron chi connectivity index (χ4n) is 3.28. The summed E-state index contributed by atoms with van der Waals surface area (Å²) in [6.45, 7) is 4.35. The molecule has 3 rings (SSSR count). The Morgan fingerprint density at radius 3 is 2.19 bits per heavy atom. The van der Waals surface area contributed by atoms with Crippen LogP contribution < -0.4 is 4.74 Å². The van der Waals surface area contributed by atoms with Crippen LogP contribution in [0.4, 0.5) is 0 Å². The SMILES string of the molecule is CCCCCCOc1cc(O)c2c(c1)C(=O)c1cc(C)cc(O)c1C2=O. The first-order valence-electron chi connectivity index (χ1n) is 8.86. The maximum atomic E-state index is 12.8. The third-order valence-electron chi connectivity index (χ3n) is 4.56. The van der Waals surface area contributed by atoms with Crippen LogP contribution >= 0.6 is 0 Å². The van der Waals surface area contributed by atoms with E-state index in [2.05, 4.69) is 6.92 Å². The number of rotatable bonds is 6. The fraction of sp³-hybridized carbons (Fsp3) is 0.333. The number of fused-ring (bicyclic) bond motifs is 2. The lowest BCUT2D eigenvalue weighted by Crippen LogP contribution is -2.21. The van der Waals surface area contributed by atoms with E-state index in [9.17, 15) is 19.8 Å². The van der Waals surface area contributed by atoms with E-state index in [1.807, 2.05) is 0 Å². The van der Waals surface area contributed by atoms with Gasteiger partial charge in [0, 0.05) is 17.2 Å². The molecule has 2 aromatic rings. The van der Waals surface area contributed by atoms with Gasteiger partial charge in [0.2, 0.25) is 5.78 Å². The highest BCUT2D eigenvalue weighted by molar-refractivity contribution is 6.30. The van der Waals surface area contributed by atoms with E-state index in [4.69, 9.17) is 4.74 Å². The van der Waals surface area contributed by atoms with Crippen LogP contribution in [0.2, 0.25) is 0 Å². The van der Waals surface area contributed by atoms with Gasteiger partial charge in [-0.15, -0.1) is 0 Å². The second-order valence-corrected chi connectivity index (χ2v) is 6.64. The molecule has 0 bridgehead atoms.